The Bertz CT molecular complexity index is 515. The minimum absolute atomic E-state index is 0.131. The zero-order valence-electron chi connectivity index (χ0n) is 11.1. The van der Waals surface area contributed by atoms with Gasteiger partial charge in [0.05, 0.1) is 11.3 Å². The molecular weight excluding hydrogens is 244 g/mol. The number of benzene rings is 1. The van der Waals surface area contributed by atoms with E-state index in [1.165, 1.54) is 0 Å². The lowest BCUT2D eigenvalue weighted by atomic mass is 10.1. The summed E-state index contributed by atoms with van der Waals surface area (Å²) in [6.45, 7) is 4.62. The molecule has 0 aliphatic carbocycles. The van der Waals surface area contributed by atoms with Crippen LogP contribution in [0.2, 0.25) is 0 Å². The van der Waals surface area contributed by atoms with Crippen LogP contribution in [0.3, 0.4) is 0 Å². The van der Waals surface area contributed by atoms with Crippen molar-refractivity contribution >= 4 is 17.5 Å². The fourth-order valence-electron chi connectivity index (χ4n) is 2.18. The van der Waals surface area contributed by atoms with E-state index in [9.17, 15) is 9.59 Å². The highest BCUT2D eigenvalue weighted by Gasteiger charge is 2.30. The molecule has 102 valence electrons. The number of nitrogen functional groups attached to an aromatic ring is 1. The summed E-state index contributed by atoms with van der Waals surface area (Å²) in [6.07, 6.45) is 0. The van der Waals surface area contributed by atoms with Gasteiger partial charge in [0.25, 0.3) is 5.91 Å². The predicted octanol–water partition coefficient (Wildman–Crippen LogP) is 0.241. The summed E-state index contributed by atoms with van der Waals surface area (Å²) in [5.41, 5.74) is 4.60. The summed E-state index contributed by atoms with van der Waals surface area (Å²) in [6, 6.07) is 4.92. The maximum Gasteiger partial charge on any atom is 0.256 e. The average Bonchev–Trinajstić information content (AvgIpc) is 2.41. The number of hydrazine groups is 1. The first-order chi connectivity index (χ1) is 9.04. The van der Waals surface area contributed by atoms with Crippen molar-refractivity contribution < 1.29 is 9.59 Å². The molecule has 6 heteroatoms. The summed E-state index contributed by atoms with van der Waals surface area (Å²) < 4.78 is 0. The molecule has 1 aliphatic rings. The lowest BCUT2D eigenvalue weighted by Gasteiger charge is -2.33. The number of nitrogens with one attached hydrogen (secondary N) is 2. The van der Waals surface area contributed by atoms with Crippen molar-refractivity contribution in [1.82, 2.24) is 10.2 Å². The number of carbonyl (C=O) groups is 2. The lowest BCUT2D eigenvalue weighted by Crippen LogP contribution is -2.55. The number of anilines is 1. The van der Waals surface area contributed by atoms with E-state index in [1.54, 1.807) is 17.9 Å². The quantitative estimate of drug-likeness (QED) is 0.526. The van der Waals surface area contributed by atoms with E-state index in [-0.39, 0.29) is 11.8 Å². The summed E-state index contributed by atoms with van der Waals surface area (Å²) >= 11 is 0. The van der Waals surface area contributed by atoms with Gasteiger partial charge in [0.2, 0.25) is 5.91 Å². The van der Waals surface area contributed by atoms with Crippen LogP contribution in [0, 0.1) is 6.92 Å². The molecule has 4 N–H and O–H groups in total. The van der Waals surface area contributed by atoms with E-state index in [2.05, 4.69) is 10.7 Å². The summed E-state index contributed by atoms with van der Waals surface area (Å²) in [5.74, 6) is 5.13. The molecule has 1 fully saturated rings. The van der Waals surface area contributed by atoms with Crippen molar-refractivity contribution in [1.29, 1.82) is 0 Å². The molecule has 0 saturated carbocycles. The second-order valence-corrected chi connectivity index (χ2v) is 4.66. The topological polar surface area (TPSA) is 87.5 Å². The molecule has 0 radical (unpaired) electrons. The number of hydrogen-bond donors (Lipinski definition) is 3. The Morgan fingerprint density at radius 2 is 2.26 bits per heavy atom. The van der Waals surface area contributed by atoms with E-state index in [1.807, 2.05) is 19.1 Å². The van der Waals surface area contributed by atoms with E-state index in [0.717, 1.165) is 5.56 Å². The highest BCUT2D eigenvalue weighted by atomic mass is 16.2. The van der Waals surface area contributed by atoms with E-state index in [4.69, 9.17) is 5.84 Å². The second kappa shape index (κ2) is 5.27. The number of aryl methyl sites for hydroxylation is 1. The van der Waals surface area contributed by atoms with Gasteiger partial charge in [-0.2, -0.15) is 0 Å². The Morgan fingerprint density at radius 1 is 1.53 bits per heavy atom. The van der Waals surface area contributed by atoms with Crippen LogP contribution in [0.5, 0.6) is 0 Å². The van der Waals surface area contributed by atoms with E-state index >= 15 is 0 Å². The number of rotatable bonds is 2. The number of nitrogens with two attached hydrogens (primary N) is 1. The first-order valence-electron chi connectivity index (χ1n) is 6.20. The zero-order valence-corrected chi connectivity index (χ0v) is 11.1. The number of nitrogens with zero attached hydrogens (tertiary/aromatic N) is 1. The van der Waals surface area contributed by atoms with Gasteiger partial charge < -0.3 is 15.6 Å². The zero-order chi connectivity index (χ0) is 14.0. The van der Waals surface area contributed by atoms with Gasteiger partial charge in [-0.3, -0.25) is 15.4 Å². The van der Waals surface area contributed by atoms with Gasteiger partial charge in [-0.15, -0.1) is 0 Å². The first kappa shape index (κ1) is 13.4. The Labute approximate surface area is 111 Å². The third-order valence-electron chi connectivity index (χ3n) is 3.32. The average molecular weight is 262 g/mol. The van der Waals surface area contributed by atoms with Crippen LogP contribution in [0.1, 0.15) is 22.8 Å². The maximum atomic E-state index is 12.5. The molecule has 0 bridgehead atoms. The molecule has 1 aromatic carbocycles. The van der Waals surface area contributed by atoms with Crippen LogP contribution in [-0.4, -0.2) is 35.8 Å². The molecule has 0 aromatic heterocycles. The Hall–Kier alpha value is -2.08. The Balaban J connectivity index is 2.31. The molecule has 0 spiro atoms. The van der Waals surface area contributed by atoms with Crippen molar-refractivity contribution in [2.24, 2.45) is 5.84 Å². The molecule has 1 saturated heterocycles. The standard InChI is InChI=1S/C13H18N4O2/c1-8-3-4-10(11(7-8)16-14)13(19)17-6-5-15-12(18)9(17)2/h3-4,7,9,16H,5-6,14H2,1-2H3,(H,15,18). The van der Waals surface area contributed by atoms with Crippen LogP contribution in [0.25, 0.3) is 0 Å². The smallest absolute Gasteiger partial charge is 0.256 e. The van der Waals surface area contributed by atoms with Crippen molar-refractivity contribution in [2.45, 2.75) is 19.9 Å². The van der Waals surface area contributed by atoms with Crippen molar-refractivity contribution in [3.63, 3.8) is 0 Å². The number of amides is 2. The Kier molecular flexibility index (Phi) is 3.71. The van der Waals surface area contributed by atoms with Gasteiger partial charge in [0, 0.05) is 13.1 Å². The maximum absolute atomic E-state index is 12.5. The van der Waals surface area contributed by atoms with Crippen LogP contribution in [-0.2, 0) is 4.79 Å². The van der Waals surface area contributed by atoms with Crippen molar-refractivity contribution in [3.8, 4) is 0 Å². The number of hydrogen-bond acceptors (Lipinski definition) is 4. The van der Waals surface area contributed by atoms with E-state index < -0.39 is 6.04 Å². The largest absolute Gasteiger partial charge is 0.353 e. The van der Waals surface area contributed by atoms with Gasteiger partial charge >= 0.3 is 0 Å². The molecule has 1 heterocycles. The third kappa shape index (κ3) is 2.53. The second-order valence-electron chi connectivity index (χ2n) is 4.66. The van der Waals surface area contributed by atoms with Crippen LogP contribution >= 0.6 is 0 Å². The molecule has 1 aliphatic heterocycles. The minimum atomic E-state index is -0.465. The molecule has 2 rings (SSSR count). The van der Waals surface area contributed by atoms with Crippen LogP contribution in [0.4, 0.5) is 5.69 Å². The van der Waals surface area contributed by atoms with Crippen molar-refractivity contribution in [3.05, 3.63) is 29.3 Å². The predicted molar refractivity (Wildman–Crippen MR) is 72.5 cm³/mol. The Morgan fingerprint density at radius 3 is 2.95 bits per heavy atom. The highest BCUT2D eigenvalue weighted by molar-refractivity contribution is 6.02. The minimum Gasteiger partial charge on any atom is -0.353 e. The van der Waals surface area contributed by atoms with Crippen molar-refractivity contribution in [2.75, 3.05) is 18.5 Å². The van der Waals surface area contributed by atoms with Gasteiger partial charge in [-0.05, 0) is 31.5 Å². The fourth-order valence-corrected chi connectivity index (χ4v) is 2.18. The SMILES string of the molecule is Cc1ccc(C(=O)N2CCNC(=O)C2C)c(NN)c1. The monoisotopic (exact) mass is 262 g/mol. The number of piperazine rings is 1. The third-order valence-corrected chi connectivity index (χ3v) is 3.32. The summed E-state index contributed by atoms with van der Waals surface area (Å²) in [4.78, 5) is 25.7. The molecule has 1 atom stereocenters. The van der Waals surface area contributed by atoms with Gasteiger partial charge in [-0.25, -0.2) is 0 Å². The molecular formula is C13H18N4O2. The normalized spacial score (nSPS) is 19.0. The van der Waals surface area contributed by atoms with Gasteiger partial charge in [-0.1, -0.05) is 6.07 Å². The molecule has 19 heavy (non-hydrogen) atoms. The van der Waals surface area contributed by atoms with Gasteiger partial charge in [0.15, 0.2) is 0 Å². The molecule has 6 nitrogen and oxygen atoms in total. The van der Waals surface area contributed by atoms with Gasteiger partial charge in [0.1, 0.15) is 6.04 Å². The lowest BCUT2D eigenvalue weighted by molar-refractivity contribution is -0.127. The summed E-state index contributed by atoms with van der Waals surface area (Å²) in [7, 11) is 0. The first-order valence-corrected chi connectivity index (χ1v) is 6.20. The number of carbonyl (C=O) groups excluding carboxylic acids is 2. The molecule has 1 aromatic rings. The molecule has 2 amide bonds. The molecule has 1 unspecified atom stereocenters. The summed E-state index contributed by atoms with van der Waals surface area (Å²) in [5, 5.41) is 2.73. The van der Waals surface area contributed by atoms with Crippen LogP contribution in [0.15, 0.2) is 18.2 Å². The van der Waals surface area contributed by atoms with E-state index in [0.29, 0.717) is 24.3 Å². The highest BCUT2D eigenvalue weighted by Crippen LogP contribution is 2.20. The van der Waals surface area contributed by atoms with Crippen LogP contribution < -0.4 is 16.6 Å². The fraction of sp³-hybridized carbons (Fsp3) is 0.385.